The largest absolute Gasteiger partial charge is 0.320 e. The summed E-state index contributed by atoms with van der Waals surface area (Å²) in [6.07, 6.45) is 0. The predicted octanol–water partition coefficient (Wildman–Crippen LogP) is 0.615. The van der Waals surface area contributed by atoms with Gasteiger partial charge in [-0.15, -0.1) is 0 Å². The van der Waals surface area contributed by atoms with Crippen molar-refractivity contribution in [1.29, 1.82) is 0 Å². The molecule has 0 aromatic heterocycles. The Morgan fingerprint density at radius 1 is 1.33 bits per heavy atom. The van der Waals surface area contributed by atoms with E-state index in [4.69, 9.17) is 5.73 Å². The highest BCUT2D eigenvalue weighted by Gasteiger charge is 2.24. The second-order valence-corrected chi connectivity index (χ2v) is 7.33. The van der Waals surface area contributed by atoms with Crippen molar-refractivity contribution < 1.29 is 8.42 Å². The summed E-state index contributed by atoms with van der Waals surface area (Å²) in [5.74, 6) is 5.54. The summed E-state index contributed by atoms with van der Waals surface area (Å²) in [6.45, 7) is 4.50. The lowest BCUT2D eigenvalue weighted by Crippen LogP contribution is -2.48. The van der Waals surface area contributed by atoms with E-state index in [1.54, 1.807) is 24.3 Å². The topological polar surface area (TPSA) is 75.4 Å². The van der Waals surface area contributed by atoms with Gasteiger partial charge in [-0.2, -0.15) is 0 Å². The lowest BCUT2D eigenvalue weighted by molar-refractivity contribution is 0.199. The molecule has 5 nitrogen and oxygen atoms in total. The highest BCUT2D eigenvalue weighted by Crippen LogP contribution is 2.13. The first-order valence-electron chi connectivity index (χ1n) is 6.65. The Bertz CT molecular complexity index is 640. The molecule has 1 aromatic rings. The van der Waals surface area contributed by atoms with Gasteiger partial charge in [0, 0.05) is 17.6 Å². The number of likely N-dealkylation sites (N-methyl/N-ethyl adjacent to an activating group) is 1. The maximum atomic E-state index is 12.3. The maximum absolute atomic E-state index is 12.3. The number of nitrogens with one attached hydrogen (secondary N) is 1. The number of hydrogen-bond acceptors (Lipinski definition) is 4. The zero-order valence-corrected chi connectivity index (χ0v) is 13.8. The van der Waals surface area contributed by atoms with Crippen molar-refractivity contribution in [3.05, 3.63) is 29.8 Å². The first-order valence-corrected chi connectivity index (χ1v) is 8.13. The molecule has 116 valence electrons. The normalized spacial score (nSPS) is 12.1. The van der Waals surface area contributed by atoms with Crippen LogP contribution in [0.1, 0.15) is 19.4 Å². The molecule has 0 amide bonds. The lowest BCUT2D eigenvalue weighted by atomic mass is 10.1. The van der Waals surface area contributed by atoms with Crippen LogP contribution in [0.25, 0.3) is 0 Å². The van der Waals surface area contributed by atoms with E-state index in [0.29, 0.717) is 12.1 Å². The Labute approximate surface area is 127 Å². The predicted molar refractivity (Wildman–Crippen MR) is 85.3 cm³/mol. The first-order chi connectivity index (χ1) is 9.69. The molecule has 0 fully saturated rings. The smallest absolute Gasteiger partial charge is 0.240 e. The molecule has 6 heteroatoms. The van der Waals surface area contributed by atoms with E-state index in [-0.39, 0.29) is 17.0 Å². The molecule has 0 aliphatic heterocycles. The molecule has 0 unspecified atom stereocenters. The average molecular weight is 309 g/mol. The molecule has 21 heavy (non-hydrogen) atoms. The zero-order valence-electron chi connectivity index (χ0n) is 13.0. The van der Waals surface area contributed by atoms with Crippen LogP contribution in [0, 0.1) is 11.8 Å². The van der Waals surface area contributed by atoms with Gasteiger partial charge in [-0.3, -0.25) is 0 Å². The Morgan fingerprint density at radius 2 is 2.00 bits per heavy atom. The molecule has 0 bridgehead atoms. The van der Waals surface area contributed by atoms with Crippen molar-refractivity contribution in [2.24, 2.45) is 5.73 Å². The van der Waals surface area contributed by atoms with Gasteiger partial charge in [-0.1, -0.05) is 17.9 Å². The first kappa shape index (κ1) is 17.7. The number of rotatable bonds is 5. The highest BCUT2D eigenvalue weighted by molar-refractivity contribution is 7.89. The summed E-state index contributed by atoms with van der Waals surface area (Å²) in [7, 11) is 0.278. The van der Waals surface area contributed by atoms with Gasteiger partial charge in [0.05, 0.1) is 11.4 Å². The van der Waals surface area contributed by atoms with Crippen LogP contribution in [0.3, 0.4) is 0 Å². The van der Waals surface area contributed by atoms with Crippen molar-refractivity contribution in [3.63, 3.8) is 0 Å². The Kier molecular flexibility index (Phi) is 5.93. The number of benzene rings is 1. The standard InChI is InChI=1S/C15H23N3O2S/c1-15(2,18(3)4)12-17-21(19,20)14-9-5-7-13(11-14)8-6-10-16/h5,7,9,11,17H,10,12,16H2,1-4H3. The van der Waals surface area contributed by atoms with Crippen LogP contribution in [-0.4, -0.2) is 46.0 Å². The number of nitrogens with zero attached hydrogens (tertiary/aromatic N) is 1. The third-order valence-electron chi connectivity index (χ3n) is 3.38. The van der Waals surface area contributed by atoms with Gasteiger partial charge in [0.25, 0.3) is 0 Å². The minimum atomic E-state index is -3.55. The summed E-state index contributed by atoms with van der Waals surface area (Å²) < 4.78 is 27.3. The van der Waals surface area contributed by atoms with Crippen LogP contribution >= 0.6 is 0 Å². The summed E-state index contributed by atoms with van der Waals surface area (Å²) in [6, 6.07) is 6.53. The molecule has 0 radical (unpaired) electrons. The van der Waals surface area contributed by atoms with Crippen molar-refractivity contribution in [2.45, 2.75) is 24.3 Å². The molecule has 0 atom stereocenters. The third-order valence-corrected chi connectivity index (χ3v) is 4.78. The Morgan fingerprint density at radius 3 is 2.57 bits per heavy atom. The van der Waals surface area contributed by atoms with E-state index in [9.17, 15) is 8.42 Å². The molecule has 0 spiro atoms. The van der Waals surface area contributed by atoms with Crippen LogP contribution in [0.15, 0.2) is 29.2 Å². The lowest BCUT2D eigenvalue weighted by Gasteiger charge is -2.32. The van der Waals surface area contributed by atoms with Gasteiger partial charge in [0.15, 0.2) is 0 Å². The minimum absolute atomic E-state index is 0.209. The number of hydrogen-bond donors (Lipinski definition) is 2. The number of sulfonamides is 1. The maximum Gasteiger partial charge on any atom is 0.240 e. The SMILES string of the molecule is CN(C)C(C)(C)CNS(=O)(=O)c1cccc(C#CCN)c1. The highest BCUT2D eigenvalue weighted by atomic mass is 32.2. The second kappa shape index (κ2) is 7.05. The Hall–Kier alpha value is -1.39. The monoisotopic (exact) mass is 309 g/mol. The summed E-state index contributed by atoms with van der Waals surface area (Å²) in [5.41, 5.74) is 5.68. The van der Waals surface area contributed by atoms with Gasteiger partial charge >= 0.3 is 0 Å². The Balaban J connectivity index is 2.93. The molecule has 0 saturated heterocycles. The average Bonchev–Trinajstić information content (AvgIpc) is 2.43. The van der Waals surface area contributed by atoms with E-state index < -0.39 is 10.0 Å². The minimum Gasteiger partial charge on any atom is -0.320 e. The van der Waals surface area contributed by atoms with Gasteiger partial charge in [0.2, 0.25) is 10.0 Å². The zero-order chi connectivity index (χ0) is 16.1. The summed E-state index contributed by atoms with van der Waals surface area (Å²) in [4.78, 5) is 2.18. The van der Waals surface area contributed by atoms with Crippen LogP contribution in [0.2, 0.25) is 0 Å². The fourth-order valence-electron chi connectivity index (χ4n) is 1.41. The van der Waals surface area contributed by atoms with E-state index in [1.165, 1.54) is 0 Å². The molecule has 0 aliphatic rings. The van der Waals surface area contributed by atoms with E-state index in [2.05, 4.69) is 16.6 Å². The van der Waals surface area contributed by atoms with Crippen LogP contribution in [0.4, 0.5) is 0 Å². The van der Waals surface area contributed by atoms with Crippen LogP contribution in [0.5, 0.6) is 0 Å². The van der Waals surface area contributed by atoms with Gasteiger partial charge in [-0.05, 0) is 46.1 Å². The third kappa shape index (κ3) is 5.14. The summed E-state index contributed by atoms with van der Waals surface area (Å²) >= 11 is 0. The second-order valence-electron chi connectivity index (χ2n) is 5.57. The van der Waals surface area contributed by atoms with Crippen LogP contribution < -0.4 is 10.5 Å². The fraction of sp³-hybridized carbons (Fsp3) is 0.467. The molecule has 0 heterocycles. The fourth-order valence-corrected chi connectivity index (χ4v) is 2.66. The molecule has 1 rings (SSSR count). The molecule has 1 aromatic carbocycles. The molecular weight excluding hydrogens is 286 g/mol. The van der Waals surface area contributed by atoms with Crippen molar-refractivity contribution in [3.8, 4) is 11.8 Å². The van der Waals surface area contributed by atoms with Crippen molar-refractivity contribution in [1.82, 2.24) is 9.62 Å². The molecule has 0 aliphatic carbocycles. The van der Waals surface area contributed by atoms with Crippen LogP contribution in [-0.2, 0) is 10.0 Å². The summed E-state index contributed by atoms with van der Waals surface area (Å²) in [5, 5.41) is 0. The van der Waals surface area contributed by atoms with E-state index in [1.807, 2.05) is 32.8 Å². The van der Waals surface area contributed by atoms with Crippen molar-refractivity contribution in [2.75, 3.05) is 27.2 Å². The quantitative estimate of drug-likeness (QED) is 0.782. The molecule has 3 N–H and O–H groups in total. The van der Waals surface area contributed by atoms with E-state index >= 15 is 0 Å². The molecule has 0 saturated carbocycles. The number of nitrogens with two attached hydrogens (primary N) is 1. The van der Waals surface area contributed by atoms with Gasteiger partial charge in [0.1, 0.15) is 0 Å². The van der Waals surface area contributed by atoms with E-state index in [0.717, 1.165) is 0 Å². The van der Waals surface area contributed by atoms with Gasteiger partial charge in [-0.25, -0.2) is 13.1 Å². The van der Waals surface area contributed by atoms with Crippen molar-refractivity contribution >= 4 is 10.0 Å². The van der Waals surface area contributed by atoms with Gasteiger partial charge < -0.3 is 10.6 Å². The molecular formula is C15H23N3O2S.